The molecule has 0 bridgehead atoms. The smallest absolute Gasteiger partial charge is 0.176 e. The van der Waals surface area contributed by atoms with Crippen LogP contribution in [-0.4, -0.2) is 44.4 Å². The van der Waals surface area contributed by atoms with Crippen LogP contribution in [-0.2, 0) is 12.8 Å². The van der Waals surface area contributed by atoms with Gasteiger partial charge in [0.25, 0.3) is 0 Å². The second kappa shape index (κ2) is 6.83. The molecular formula is C16H24N2O. The van der Waals surface area contributed by atoms with Gasteiger partial charge in [0.1, 0.15) is 0 Å². The topological polar surface area (TPSA) is 32.3 Å². The molecule has 1 aromatic rings. The molecular weight excluding hydrogens is 236 g/mol. The number of nitrogens with one attached hydrogen (secondary N) is 1. The number of ketones is 1. The van der Waals surface area contributed by atoms with E-state index in [1.165, 1.54) is 24.0 Å². The molecule has 3 nitrogen and oxygen atoms in total. The van der Waals surface area contributed by atoms with Crippen molar-refractivity contribution in [1.82, 2.24) is 10.2 Å². The first kappa shape index (κ1) is 14.2. The van der Waals surface area contributed by atoms with E-state index in [1.54, 1.807) is 0 Å². The molecule has 0 heterocycles. The van der Waals surface area contributed by atoms with E-state index in [1.807, 2.05) is 20.2 Å². The minimum atomic E-state index is 0.238. The Balaban J connectivity index is 1.89. The van der Waals surface area contributed by atoms with Crippen molar-refractivity contribution in [1.29, 1.82) is 0 Å². The van der Waals surface area contributed by atoms with Gasteiger partial charge >= 0.3 is 0 Å². The van der Waals surface area contributed by atoms with E-state index in [0.29, 0.717) is 6.54 Å². The largest absolute Gasteiger partial charge is 0.320 e. The van der Waals surface area contributed by atoms with Crippen LogP contribution in [0, 0.1) is 0 Å². The molecule has 0 radical (unpaired) electrons. The average molecular weight is 260 g/mol. The highest BCUT2D eigenvalue weighted by molar-refractivity contribution is 5.97. The van der Waals surface area contributed by atoms with E-state index in [9.17, 15) is 4.79 Å². The van der Waals surface area contributed by atoms with Gasteiger partial charge in [0, 0.05) is 5.56 Å². The lowest BCUT2D eigenvalue weighted by atomic mass is 10.0. The van der Waals surface area contributed by atoms with Crippen LogP contribution >= 0.6 is 0 Å². The number of rotatable bonds is 7. The van der Waals surface area contributed by atoms with Crippen molar-refractivity contribution in [2.75, 3.05) is 33.7 Å². The van der Waals surface area contributed by atoms with Crippen LogP contribution in [0.2, 0.25) is 0 Å². The summed E-state index contributed by atoms with van der Waals surface area (Å²) in [6, 6.07) is 6.23. The van der Waals surface area contributed by atoms with E-state index in [4.69, 9.17) is 0 Å². The molecule has 0 spiro atoms. The molecule has 1 aliphatic carbocycles. The summed E-state index contributed by atoms with van der Waals surface area (Å²) in [5, 5.41) is 3.12. The fraction of sp³-hybridized carbons (Fsp3) is 0.562. The normalized spacial score (nSPS) is 13.8. The van der Waals surface area contributed by atoms with Crippen LogP contribution < -0.4 is 5.32 Å². The Hall–Kier alpha value is -1.19. The summed E-state index contributed by atoms with van der Waals surface area (Å²) in [6.07, 6.45) is 4.61. The molecule has 0 saturated heterocycles. The first-order valence-corrected chi connectivity index (χ1v) is 7.19. The summed E-state index contributed by atoms with van der Waals surface area (Å²) in [5.41, 5.74) is 3.68. The van der Waals surface area contributed by atoms with Crippen LogP contribution in [0.25, 0.3) is 0 Å². The number of Topliss-reactive ketones (excluding diaryl/α,β-unsaturated/α-hetero) is 1. The molecule has 0 fully saturated rings. The van der Waals surface area contributed by atoms with E-state index >= 15 is 0 Å². The Labute approximate surface area is 116 Å². The second-order valence-corrected chi connectivity index (χ2v) is 5.46. The van der Waals surface area contributed by atoms with Crippen LogP contribution in [0.1, 0.15) is 34.3 Å². The van der Waals surface area contributed by atoms with Crippen LogP contribution in [0.5, 0.6) is 0 Å². The lowest BCUT2D eigenvalue weighted by Gasteiger charge is -2.15. The Morgan fingerprint density at radius 1 is 1.32 bits per heavy atom. The lowest BCUT2D eigenvalue weighted by molar-refractivity contribution is 0.0945. The van der Waals surface area contributed by atoms with Gasteiger partial charge in [-0.2, -0.15) is 0 Å². The molecule has 0 unspecified atom stereocenters. The Kier molecular flexibility index (Phi) is 5.11. The highest BCUT2D eigenvalue weighted by Gasteiger charge is 2.14. The average Bonchev–Trinajstić information content (AvgIpc) is 2.86. The quantitative estimate of drug-likeness (QED) is 0.600. The van der Waals surface area contributed by atoms with E-state index in [0.717, 1.165) is 31.5 Å². The minimum Gasteiger partial charge on any atom is -0.320 e. The van der Waals surface area contributed by atoms with Gasteiger partial charge in [0.2, 0.25) is 0 Å². The zero-order valence-electron chi connectivity index (χ0n) is 12.0. The molecule has 0 saturated carbocycles. The highest BCUT2D eigenvalue weighted by Crippen LogP contribution is 2.23. The molecule has 0 atom stereocenters. The van der Waals surface area contributed by atoms with Crippen molar-refractivity contribution >= 4 is 5.78 Å². The zero-order valence-corrected chi connectivity index (χ0v) is 12.0. The van der Waals surface area contributed by atoms with Crippen molar-refractivity contribution in [2.24, 2.45) is 0 Å². The van der Waals surface area contributed by atoms with E-state index in [-0.39, 0.29) is 5.78 Å². The van der Waals surface area contributed by atoms with Gasteiger partial charge in [0.15, 0.2) is 5.78 Å². The number of likely N-dealkylation sites (N-methyl/N-ethyl adjacent to an activating group) is 1. The Morgan fingerprint density at radius 2 is 2.11 bits per heavy atom. The van der Waals surface area contributed by atoms with Crippen molar-refractivity contribution in [3.8, 4) is 0 Å². The highest BCUT2D eigenvalue weighted by atomic mass is 16.1. The fourth-order valence-corrected chi connectivity index (χ4v) is 2.69. The molecule has 1 aliphatic rings. The number of hydrogen-bond acceptors (Lipinski definition) is 3. The Bertz CT molecular complexity index is 442. The van der Waals surface area contributed by atoms with E-state index < -0.39 is 0 Å². The maximum atomic E-state index is 12.2. The van der Waals surface area contributed by atoms with Gasteiger partial charge in [0.05, 0.1) is 6.54 Å². The predicted molar refractivity (Wildman–Crippen MR) is 78.8 cm³/mol. The first-order valence-electron chi connectivity index (χ1n) is 7.19. The summed E-state index contributed by atoms with van der Waals surface area (Å²) < 4.78 is 0. The summed E-state index contributed by atoms with van der Waals surface area (Å²) in [4.78, 5) is 14.3. The monoisotopic (exact) mass is 260 g/mol. The standard InChI is InChI=1S/C16H24N2O/c1-17-9-4-10-18(2)12-16(19)15-8-7-13-5-3-6-14(13)11-15/h7-8,11,17H,3-6,9-10,12H2,1-2H3. The van der Waals surface area contributed by atoms with Crippen molar-refractivity contribution in [3.63, 3.8) is 0 Å². The second-order valence-electron chi connectivity index (χ2n) is 5.46. The van der Waals surface area contributed by atoms with Crippen molar-refractivity contribution in [2.45, 2.75) is 25.7 Å². The summed E-state index contributed by atoms with van der Waals surface area (Å²) in [5.74, 6) is 0.238. The first-order chi connectivity index (χ1) is 9.20. The fourth-order valence-electron chi connectivity index (χ4n) is 2.69. The molecule has 19 heavy (non-hydrogen) atoms. The number of fused-ring (bicyclic) bond motifs is 1. The molecule has 0 aromatic heterocycles. The number of nitrogens with zero attached hydrogens (tertiary/aromatic N) is 1. The minimum absolute atomic E-state index is 0.238. The van der Waals surface area contributed by atoms with E-state index in [2.05, 4.69) is 22.3 Å². The van der Waals surface area contributed by atoms with Crippen LogP contribution in [0.15, 0.2) is 18.2 Å². The van der Waals surface area contributed by atoms with Crippen molar-refractivity contribution in [3.05, 3.63) is 34.9 Å². The van der Waals surface area contributed by atoms with Gasteiger partial charge in [-0.15, -0.1) is 0 Å². The van der Waals surface area contributed by atoms with Gasteiger partial charge in [-0.3, -0.25) is 9.69 Å². The molecule has 0 amide bonds. The number of benzene rings is 1. The summed E-state index contributed by atoms with van der Waals surface area (Å²) in [6.45, 7) is 2.47. The lowest BCUT2D eigenvalue weighted by Crippen LogP contribution is -2.28. The van der Waals surface area contributed by atoms with Gasteiger partial charge in [-0.05, 0) is 70.1 Å². The maximum absolute atomic E-state index is 12.2. The molecule has 3 heteroatoms. The SMILES string of the molecule is CNCCCN(C)CC(=O)c1ccc2c(c1)CCC2. The number of carbonyl (C=O) groups excluding carboxylic acids is 1. The predicted octanol–water partition coefficient (Wildman–Crippen LogP) is 1.90. The number of hydrogen-bond donors (Lipinski definition) is 1. The van der Waals surface area contributed by atoms with Gasteiger partial charge in [-0.25, -0.2) is 0 Å². The number of carbonyl (C=O) groups is 1. The Morgan fingerprint density at radius 3 is 2.89 bits per heavy atom. The van der Waals surface area contributed by atoms with Crippen LogP contribution in [0.3, 0.4) is 0 Å². The van der Waals surface area contributed by atoms with Crippen LogP contribution in [0.4, 0.5) is 0 Å². The zero-order chi connectivity index (χ0) is 13.7. The molecule has 0 aliphatic heterocycles. The molecule has 1 N–H and O–H groups in total. The third kappa shape index (κ3) is 3.88. The third-order valence-corrected chi connectivity index (χ3v) is 3.80. The summed E-state index contributed by atoms with van der Waals surface area (Å²) in [7, 11) is 3.97. The molecule has 104 valence electrons. The molecule has 1 aromatic carbocycles. The van der Waals surface area contributed by atoms with Gasteiger partial charge in [-0.1, -0.05) is 12.1 Å². The summed E-state index contributed by atoms with van der Waals surface area (Å²) >= 11 is 0. The molecule has 2 rings (SSSR count). The third-order valence-electron chi connectivity index (χ3n) is 3.80. The van der Waals surface area contributed by atoms with Crippen molar-refractivity contribution < 1.29 is 4.79 Å². The van der Waals surface area contributed by atoms with Gasteiger partial charge < -0.3 is 5.32 Å². The number of aryl methyl sites for hydroxylation is 2. The maximum Gasteiger partial charge on any atom is 0.176 e.